The van der Waals surface area contributed by atoms with Crippen LogP contribution < -0.4 is 0 Å². The third-order valence-electron chi connectivity index (χ3n) is 6.75. The van der Waals surface area contributed by atoms with Crippen molar-refractivity contribution in [3.8, 4) is 0 Å². The Balaban J connectivity index is 0. The molecule has 0 aromatic heterocycles. The van der Waals surface area contributed by atoms with Crippen LogP contribution in [0.4, 0.5) is 0 Å². The maximum atomic E-state index is 6.41. The predicted molar refractivity (Wildman–Crippen MR) is 162 cm³/mol. The zero-order chi connectivity index (χ0) is 24.8. The van der Waals surface area contributed by atoms with Gasteiger partial charge in [-0.05, 0) is 0 Å². The van der Waals surface area contributed by atoms with Gasteiger partial charge in [0.2, 0.25) is 0 Å². The molecule has 0 fully saturated rings. The topological polar surface area (TPSA) is 0 Å². The summed E-state index contributed by atoms with van der Waals surface area (Å²) >= 11 is -1.71. The van der Waals surface area contributed by atoms with Gasteiger partial charge in [0.15, 0.2) is 0 Å². The van der Waals surface area contributed by atoms with Gasteiger partial charge in [-0.25, -0.2) is 0 Å². The SMILES string of the molecule is CCCCC[CH2][Ge]([CH2]CCCCC)[CH2]CCCCC.CCCCC[CH2][Ge]([Cl])[CH2]CCCCC. The van der Waals surface area contributed by atoms with E-state index in [4.69, 9.17) is 10.0 Å². The Kier molecular flexibility index (Phi) is 36.9. The molecule has 2 radical (unpaired) electrons. The van der Waals surface area contributed by atoms with Crippen LogP contribution in [-0.4, -0.2) is 27.8 Å². The van der Waals surface area contributed by atoms with E-state index in [2.05, 4.69) is 34.6 Å². The maximum absolute atomic E-state index is 6.41. The first-order chi connectivity index (χ1) is 16.2. The number of unbranched alkanes of at least 4 members (excludes halogenated alkanes) is 15. The molecule has 200 valence electrons. The molecule has 0 unspecified atom stereocenters. The molecule has 0 aliphatic carbocycles. The van der Waals surface area contributed by atoms with Gasteiger partial charge >= 0.3 is 227 Å². The van der Waals surface area contributed by atoms with Crippen molar-refractivity contribution in [2.75, 3.05) is 0 Å². The van der Waals surface area contributed by atoms with Crippen LogP contribution >= 0.6 is 10.0 Å². The Hall–Kier alpha value is 1.38. The van der Waals surface area contributed by atoms with Crippen molar-refractivity contribution in [2.24, 2.45) is 0 Å². The molecule has 0 saturated carbocycles. The average molecular weight is 607 g/mol. The molecule has 0 heterocycles. The summed E-state index contributed by atoms with van der Waals surface area (Å²) in [5, 5.41) is 7.83. The fourth-order valence-electron chi connectivity index (χ4n) is 4.39. The van der Waals surface area contributed by atoms with E-state index < -0.39 is 27.8 Å². The van der Waals surface area contributed by atoms with Crippen LogP contribution in [0.15, 0.2) is 0 Å². The second kappa shape index (κ2) is 33.4. The summed E-state index contributed by atoms with van der Waals surface area (Å²) in [6.45, 7) is 11.5. The zero-order valence-corrected chi connectivity index (χ0v) is 29.0. The molecule has 0 saturated heterocycles. The molecule has 0 bridgehead atoms. The Labute approximate surface area is 226 Å². The number of hydrogen-bond acceptors (Lipinski definition) is 0. The third-order valence-corrected chi connectivity index (χ3v) is 19.2. The molecule has 3 heteroatoms. The van der Waals surface area contributed by atoms with Crippen LogP contribution in [-0.2, 0) is 0 Å². The molecule has 33 heavy (non-hydrogen) atoms. The van der Waals surface area contributed by atoms with Gasteiger partial charge in [-0.1, -0.05) is 0 Å². The van der Waals surface area contributed by atoms with Crippen LogP contribution in [0.5, 0.6) is 0 Å². The number of rotatable bonds is 25. The van der Waals surface area contributed by atoms with Crippen molar-refractivity contribution in [2.45, 2.75) is 189 Å². The van der Waals surface area contributed by atoms with E-state index in [1.165, 1.54) is 120 Å². The van der Waals surface area contributed by atoms with E-state index in [-0.39, 0.29) is 0 Å². The molecule has 0 spiro atoms. The number of halogens is 1. The first-order valence-corrected chi connectivity index (χ1v) is 25.7. The molecule has 0 rings (SSSR count). The van der Waals surface area contributed by atoms with Crippen molar-refractivity contribution in [1.82, 2.24) is 0 Å². The predicted octanol–water partition coefficient (Wildman–Crippen LogP) is 12.6. The summed E-state index contributed by atoms with van der Waals surface area (Å²) in [5.41, 5.74) is 0. The van der Waals surface area contributed by atoms with Gasteiger partial charge in [0.1, 0.15) is 0 Å². The monoisotopic (exact) mass is 608 g/mol. The molecule has 0 aromatic rings. The third kappa shape index (κ3) is 33.4. The van der Waals surface area contributed by atoms with Gasteiger partial charge in [0, 0.05) is 0 Å². The van der Waals surface area contributed by atoms with Gasteiger partial charge in [-0.2, -0.15) is 0 Å². The van der Waals surface area contributed by atoms with E-state index in [9.17, 15) is 0 Å². The van der Waals surface area contributed by atoms with Gasteiger partial charge in [-0.3, -0.25) is 0 Å². The van der Waals surface area contributed by atoms with Gasteiger partial charge in [0.25, 0.3) is 0 Å². The standard InChI is InChI=1S/C18H39Ge.C12H26ClGe/c1-4-7-10-13-16-19(17-14-11-8-5-2)18-15-12-9-6-3;1-3-5-7-9-11-14(13)12-10-8-6-4-2/h4-18H2,1-3H3;3-12H2,1-2H3. The van der Waals surface area contributed by atoms with Crippen LogP contribution in [0.25, 0.3) is 0 Å². The summed E-state index contributed by atoms with van der Waals surface area (Å²) < 4.78 is 0. The summed E-state index contributed by atoms with van der Waals surface area (Å²) in [6, 6.07) is 0. The Morgan fingerprint density at radius 1 is 0.333 bits per heavy atom. The second-order valence-electron chi connectivity index (χ2n) is 10.3. The van der Waals surface area contributed by atoms with Crippen molar-refractivity contribution >= 4 is 37.8 Å². The summed E-state index contributed by atoms with van der Waals surface area (Å²) in [5.74, 6) is 0. The van der Waals surface area contributed by atoms with Crippen LogP contribution in [0.2, 0.25) is 26.3 Å². The molecular weight excluding hydrogens is 541 g/mol. The van der Waals surface area contributed by atoms with E-state index in [1.807, 2.05) is 0 Å². The summed E-state index contributed by atoms with van der Waals surface area (Å²) in [6.07, 6.45) is 28.9. The minimum atomic E-state index is -1.07. The van der Waals surface area contributed by atoms with Gasteiger partial charge in [0.05, 0.1) is 0 Å². The fourth-order valence-corrected chi connectivity index (χ4v) is 15.3. The molecular formula is C30H65ClGe2. The minimum absolute atomic E-state index is 0.643. The Morgan fingerprint density at radius 3 is 0.818 bits per heavy atom. The molecule has 0 nitrogen and oxygen atoms in total. The van der Waals surface area contributed by atoms with E-state index in [0.717, 1.165) is 0 Å². The van der Waals surface area contributed by atoms with E-state index in [0.29, 0.717) is 0 Å². The van der Waals surface area contributed by atoms with Crippen LogP contribution in [0.3, 0.4) is 0 Å². The Morgan fingerprint density at radius 2 is 0.576 bits per heavy atom. The molecule has 0 aliphatic rings. The van der Waals surface area contributed by atoms with E-state index >= 15 is 0 Å². The fraction of sp³-hybridized carbons (Fsp3) is 1.00. The summed E-state index contributed by atoms with van der Waals surface area (Å²) in [4.78, 5) is 0. The van der Waals surface area contributed by atoms with Crippen LogP contribution in [0, 0.1) is 0 Å². The number of hydrogen-bond donors (Lipinski definition) is 0. The molecule has 0 N–H and O–H groups in total. The molecule has 0 atom stereocenters. The quantitative estimate of drug-likeness (QED) is 0.0717. The van der Waals surface area contributed by atoms with Crippen molar-refractivity contribution in [3.63, 3.8) is 0 Å². The molecule has 0 amide bonds. The van der Waals surface area contributed by atoms with Crippen molar-refractivity contribution in [3.05, 3.63) is 0 Å². The van der Waals surface area contributed by atoms with Gasteiger partial charge < -0.3 is 0 Å². The van der Waals surface area contributed by atoms with E-state index in [1.54, 1.807) is 35.0 Å². The van der Waals surface area contributed by atoms with Crippen molar-refractivity contribution < 1.29 is 0 Å². The van der Waals surface area contributed by atoms with Gasteiger partial charge in [-0.15, -0.1) is 0 Å². The average Bonchev–Trinajstić information content (AvgIpc) is 2.82. The van der Waals surface area contributed by atoms with Crippen molar-refractivity contribution in [1.29, 1.82) is 0 Å². The second-order valence-corrected chi connectivity index (χ2v) is 23.7. The first kappa shape index (κ1) is 36.5. The zero-order valence-electron chi connectivity index (χ0n) is 24.1. The summed E-state index contributed by atoms with van der Waals surface area (Å²) in [7, 11) is 6.41. The first-order valence-electron chi connectivity index (χ1n) is 15.5. The Bertz CT molecular complexity index is 284. The molecule has 0 aromatic carbocycles. The molecule has 0 aliphatic heterocycles. The van der Waals surface area contributed by atoms with Crippen LogP contribution in [0.1, 0.15) is 163 Å². The normalized spacial score (nSPS) is 11.3.